The number of carbonyl (C=O) groups is 1. The quantitative estimate of drug-likeness (QED) is 0.585. The fourth-order valence-electron chi connectivity index (χ4n) is 2.31. The van der Waals surface area contributed by atoms with E-state index in [2.05, 4.69) is 10.9 Å². The van der Waals surface area contributed by atoms with Gasteiger partial charge in [0.1, 0.15) is 5.75 Å². The van der Waals surface area contributed by atoms with Crippen LogP contribution in [-0.4, -0.2) is 24.2 Å². The van der Waals surface area contributed by atoms with Crippen molar-refractivity contribution >= 4 is 11.7 Å². The summed E-state index contributed by atoms with van der Waals surface area (Å²) in [5.74, 6) is -0.793. The third kappa shape index (κ3) is 2.12. The molecule has 0 saturated carbocycles. The van der Waals surface area contributed by atoms with E-state index in [0.717, 1.165) is 5.56 Å². The van der Waals surface area contributed by atoms with Crippen molar-refractivity contribution in [1.82, 2.24) is 10.9 Å². The van der Waals surface area contributed by atoms with Crippen LogP contribution in [0.15, 0.2) is 18.2 Å². The standard InChI is InChI=1S/C12H17N3O3/c1-6-10(12(16)17)11(15-14-6)8-5-7(13)3-4-9(8)18-2/h3-6,10-11,14-15H,13H2,1-2H3,(H,16,17). The summed E-state index contributed by atoms with van der Waals surface area (Å²) in [5, 5.41) is 9.30. The van der Waals surface area contributed by atoms with Gasteiger partial charge in [-0.05, 0) is 25.1 Å². The van der Waals surface area contributed by atoms with Crippen LogP contribution in [0.2, 0.25) is 0 Å². The van der Waals surface area contributed by atoms with Gasteiger partial charge in [0.15, 0.2) is 0 Å². The molecule has 3 unspecified atom stereocenters. The van der Waals surface area contributed by atoms with Gasteiger partial charge in [0.25, 0.3) is 0 Å². The van der Waals surface area contributed by atoms with Gasteiger partial charge < -0.3 is 15.6 Å². The summed E-state index contributed by atoms with van der Waals surface area (Å²) >= 11 is 0. The summed E-state index contributed by atoms with van der Waals surface area (Å²) in [7, 11) is 1.55. The Bertz CT molecular complexity index is 464. The van der Waals surface area contributed by atoms with Gasteiger partial charge in [0, 0.05) is 17.3 Å². The molecule has 1 heterocycles. The summed E-state index contributed by atoms with van der Waals surface area (Å²) in [6.07, 6.45) is 0. The molecule has 6 nitrogen and oxygen atoms in total. The van der Waals surface area contributed by atoms with Crippen molar-refractivity contribution in [2.24, 2.45) is 5.92 Å². The molecule has 0 amide bonds. The Balaban J connectivity index is 2.41. The molecular weight excluding hydrogens is 234 g/mol. The molecule has 0 spiro atoms. The second kappa shape index (κ2) is 4.83. The van der Waals surface area contributed by atoms with Gasteiger partial charge in [0.2, 0.25) is 0 Å². The largest absolute Gasteiger partial charge is 0.496 e. The number of rotatable bonds is 3. The molecule has 1 aromatic carbocycles. The maximum atomic E-state index is 11.3. The Morgan fingerprint density at radius 2 is 2.17 bits per heavy atom. The Labute approximate surface area is 105 Å². The SMILES string of the molecule is COc1ccc(N)cc1C1NNC(C)C1C(=O)O. The van der Waals surface area contributed by atoms with Crippen molar-refractivity contribution in [3.05, 3.63) is 23.8 Å². The number of aliphatic carboxylic acids is 1. The van der Waals surface area contributed by atoms with E-state index >= 15 is 0 Å². The third-order valence-electron chi connectivity index (χ3n) is 3.24. The van der Waals surface area contributed by atoms with Crippen molar-refractivity contribution in [2.45, 2.75) is 19.0 Å². The summed E-state index contributed by atoms with van der Waals surface area (Å²) in [4.78, 5) is 11.3. The first kappa shape index (κ1) is 12.7. The maximum absolute atomic E-state index is 11.3. The number of methoxy groups -OCH3 is 1. The lowest BCUT2D eigenvalue weighted by Gasteiger charge is -2.19. The molecule has 1 fully saturated rings. The Hall–Kier alpha value is -1.79. The highest BCUT2D eigenvalue weighted by Gasteiger charge is 2.40. The zero-order chi connectivity index (χ0) is 13.3. The molecule has 6 heteroatoms. The predicted octanol–water partition coefficient (Wildman–Crippen LogP) is 0.516. The fraction of sp³-hybridized carbons (Fsp3) is 0.417. The molecule has 0 radical (unpaired) electrons. The summed E-state index contributed by atoms with van der Waals surface area (Å²) in [6, 6.07) is 4.68. The smallest absolute Gasteiger partial charge is 0.310 e. The first-order valence-electron chi connectivity index (χ1n) is 5.72. The number of hydrazine groups is 1. The highest BCUT2D eigenvalue weighted by molar-refractivity contribution is 5.73. The number of carboxylic acid groups (broad SMARTS) is 1. The fourth-order valence-corrected chi connectivity index (χ4v) is 2.31. The van der Waals surface area contributed by atoms with E-state index in [1.54, 1.807) is 25.3 Å². The molecule has 5 N–H and O–H groups in total. The molecule has 0 bridgehead atoms. The monoisotopic (exact) mass is 251 g/mol. The normalized spacial score (nSPS) is 27.1. The second-order valence-corrected chi connectivity index (χ2v) is 4.42. The van der Waals surface area contributed by atoms with E-state index in [9.17, 15) is 9.90 Å². The number of nitrogens with two attached hydrogens (primary N) is 1. The van der Waals surface area contributed by atoms with E-state index in [4.69, 9.17) is 10.5 Å². The van der Waals surface area contributed by atoms with Gasteiger partial charge in [-0.1, -0.05) is 0 Å². The molecule has 0 aromatic heterocycles. The lowest BCUT2D eigenvalue weighted by atomic mass is 9.89. The third-order valence-corrected chi connectivity index (χ3v) is 3.24. The number of nitrogen functional groups attached to an aromatic ring is 1. The predicted molar refractivity (Wildman–Crippen MR) is 67.0 cm³/mol. The van der Waals surface area contributed by atoms with Crippen LogP contribution in [0.25, 0.3) is 0 Å². The van der Waals surface area contributed by atoms with E-state index in [-0.39, 0.29) is 12.1 Å². The van der Waals surface area contributed by atoms with E-state index < -0.39 is 11.9 Å². The Kier molecular flexibility index (Phi) is 3.40. The summed E-state index contributed by atoms with van der Waals surface area (Å²) < 4.78 is 5.26. The second-order valence-electron chi connectivity index (χ2n) is 4.42. The van der Waals surface area contributed by atoms with Gasteiger partial charge in [0.05, 0.1) is 19.1 Å². The summed E-state index contributed by atoms with van der Waals surface area (Å²) in [5.41, 5.74) is 13.0. The number of anilines is 1. The average Bonchev–Trinajstić information content (AvgIpc) is 2.71. The minimum absolute atomic E-state index is 0.168. The minimum Gasteiger partial charge on any atom is -0.496 e. The Morgan fingerprint density at radius 1 is 1.44 bits per heavy atom. The number of hydrogen-bond donors (Lipinski definition) is 4. The van der Waals surface area contributed by atoms with Crippen LogP contribution in [0.1, 0.15) is 18.5 Å². The van der Waals surface area contributed by atoms with Gasteiger partial charge in [-0.15, -0.1) is 0 Å². The number of nitrogens with one attached hydrogen (secondary N) is 2. The molecule has 0 aliphatic carbocycles. The van der Waals surface area contributed by atoms with Crippen LogP contribution in [0.3, 0.4) is 0 Å². The highest BCUT2D eigenvalue weighted by atomic mass is 16.5. The first-order valence-corrected chi connectivity index (χ1v) is 5.72. The van der Waals surface area contributed by atoms with E-state index in [1.807, 2.05) is 6.92 Å². The number of ether oxygens (including phenoxy) is 1. The van der Waals surface area contributed by atoms with Gasteiger partial charge in [-0.3, -0.25) is 10.2 Å². The molecular formula is C12H17N3O3. The number of benzene rings is 1. The van der Waals surface area contributed by atoms with Gasteiger partial charge in [-0.25, -0.2) is 5.43 Å². The van der Waals surface area contributed by atoms with Crippen molar-refractivity contribution in [3.8, 4) is 5.75 Å². The molecule has 3 atom stereocenters. The van der Waals surface area contributed by atoms with Crippen LogP contribution >= 0.6 is 0 Å². The molecule has 1 aliphatic heterocycles. The van der Waals surface area contributed by atoms with Crippen LogP contribution in [0.5, 0.6) is 5.75 Å². The maximum Gasteiger partial charge on any atom is 0.310 e. The molecule has 18 heavy (non-hydrogen) atoms. The number of carboxylic acids is 1. The topological polar surface area (TPSA) is 96.6 Å². The van der Waals surface area contributed by atoms with Crippen LogP contribution < -0.4 is 21.3 Å². The van der Waals surface area contributed by atoms with Crippen molar-refractivity contribution < 1.29 is 14.6 Å². The highest BCUT2D eigenvalue weighted by Crippen LogP contribution is 2.35. The van der Waals surface area contributed by atoms with Crippen LogP contribution in [-0.2, 0) is 4.79 Å². The average molecular weight is 251 g/mol. The molecule has 2 rings (SSSR count). The lowest BCUT2D eigenvalue weighted by molar-refractivity contribution is -0.142. The molecule has 1 saturated heterocycles. The number of hydrogen-bond acceptors (Lipinski definition) is 5. The molecule has 98 valence electrons. The lowest BCUT2D eigenvalue weighted by Crippen LogP contribution is -2.30. The van der Waals surface area contributed by atoms with Crippen LogP contribution in [0, 0.1) is 5.92 Å². The minimum atomic E-state index is -0.852. The molecule has 1 aromatic rings. The van der Waals surface area contributed by atoms with Crippen molar-refractivity contribution in [2.75, 3.05) is 12.8 Å². The van der Waals surface area contributed by atoms with Gasteiger partial charge in [-0.2, -0.15) is 0 Å². The zero-order valence-electron chi connectivity index (χ0n) is 10.3. The van der Waals surface area contributed by atoms with Crippen LogP contribution in [0.4, 0.5) is 5.69 Å². The Morgan fingerprint density at radius 3 is 2.78 bits per heavy atom. The zero-order valence-corrected chi connectivity index (χ0v) is 10.3. The first-order chi connectivity index (χ1) is 8.54. The van der Waals surface area contributed by atoms with E-state index in [0.29, 0.717) is 11.4 Å². The van der Waals surface area contributed by atoms with Crippen molar-refractivity contribution in [1.29, 1.82) is 0 Å². The van der Waals surface area contributed by atoms with Gasteiger partial charge >= 0.3 is 5.97 Å². The molecule has 1 aliphatic rings. The van der Waals surface area contributed by atoms with E-state index in [1.165, 1.54) is 0 Å². The summed E-state index contributed by atoms with van der Waals surface area (Å²) in [6.45, 7) is 1.82. The van der Waals surface area contributed by atoms with Crippen molar-refractivity contribution in [3.63, 3.8) is 0 Å².